The van der Waals surface area contributed by atoms with Gasteiger partial charge >= 0.3 is 6.09 Å². The number of likely N-dealkylation sites (tertiary alicyclic amines) is 1. The standard InChI is InChI=1S/C19H27FN2O3S/c1-19(2,3)25-18(24)22-11-9-14(13-22)21(4)17(23)10-12-26-16-8-6-5-7-15(16)20/h5-8,14H,9-13H2,1-4H3/t14-/m1/s1. The molecular formula is C19H27FN2O3S. The summed E-state index contributed by atoms with van der Waals surface area (Å²) in [6.07, 6.45) is 0.733. The van der Waals surface area contributed by atoms with Gasteiger partial charge in [-0.3, -0.25) is 4.79 Å². The van der Waals surface area contributed by atoms with E-state index in [4.69, 9.17) is 4.74 Å². The number of rotatable bonds is 5. The zero-order valence-electron chi connectivity index (χ0n) is 15.8. The molecule has 26 heavy (non-hydrogen) atoms. The van der Waals surface area contributed by atoms with Gasteiger partial charge in [0, 0.05) is 37.2 Å². The van der Waals surface area contributed by atoms with Crippen LogP contribution >= 0.6 is 11.8 Å². The molecule has 0 radical (unpaired) electrons. The highest BCUT2D eigenvalue weighted by Crippen LogP contribution is 2.23. The van der Waals surface area contributed by atoms with E-state index in [9.17, 15) is 14.0 Å². The second-order valence-corrected chi connectivity index (χ2v) is 8.54. The molecule has 1 atom stereocenters. The van der Waals surface area contributed by atoms with E-state index in [1.54, 1.807) is 35.0 Å². The highest BCUT2D eigenvalue weighted by atomic mass is 32.2. The Balaban J connectivity index is 1.78. The third kappa shape index (κ3) is 5.90. The molecule has 1 aromatic carbocycles. The Morgan fingerprint density at radius 1 is 1.35 bits per heavy atom. The monoisotopic (exact) mass is 382 g/mol. The summed E-state index contributed by atoms with van der Waals surface area (Å²) in [5.41, 5.74) is -0.527. The molecule has 0 aliphatic carbocycles. The van der Waals surface area contributed by atoms with Gasteiger partial charge in [-0.1, -0.05) is 12.1 Å². The van der Waals surface area contributed by atoms with E-state index in [1.807, 2.05) is 20.8 Å². The van der Waals surface area contributed by atoms with Crippen LogP contribution in [0, 0.1) is 5.82 Å². The van der Waals surface area contributed by atoms with Crippen molar-refractivity contribution in [3.05, 3.63) is 30.1 Å². The summed E-state index contributed by atoms with van der Waals surface area (Å²) in [6.45, 7) is 6.57. The van der Waals surface area contributed by atoms with Gasteiger partial charge in [0.2, 0.25) is 5.91 Å². The largest absolute Gasteiger partial charge is 0.444 e. The summed E-state index contributed by atoms with van der Waals surface area (Å²) in [5.74, 6) is 0.263. The van der Waals surface area contributed by atoms with E-state index in [2.05, 4.69) is 0 Å². The van der Waals surface area contributed by atoms with E-state index < -0.39 is 5.60 Å². The zero-order valence-corrected chi connectivity index (χ0v) is 16.6. The van der Waals surface area contributed by atoms with Crippen molar-refractivity contribution in [1.82, 2.24) is 9.80 Å². The first-order chi connectivity index (χ1) is 12.2. The number of hydrogen-bond donors (Lipinski definition) is 0. The summed E-state index contributed by atoms with van der Waals surface area (Å²) in [6, 6.07) is 6.55. The number of amides is 2. The molecule has 144 valence electrons. The van der Waals surface area contributed by atoms with Gasteiger partial charge in [0.05, 0.1) is 6.04 Å². The van der Waals surface area contributed by atoms with Gasteiger partial charge in [-0.15, -0.1) is 11.8 Å². The average molecular weight is 383 g/mol. The van der Waals surface area contributed by atoms with Gasteiger partial charge in [-0.2, -0.15) is 0 Å². The molecule has 1 heterocycles. The number of carbonyl (C=O) groups is 2. The van der Waals surface area contributed by atoms with Crippen LogP contribution in [0.25, 0.3) is 0 Å². The van der Waals surface area contributed by atoms with Gasteiger partial charge in [0.15, 0.2) is 0 Å². The Morgan fingerprint density at radius 3 is 2.69 bits per heavy atom. The minimum atomic E-state index is -0.527. The zero-order chi connectivity index (χ0) is 19.3. The third-order valence-corrected chi connectivity index (χ3v) is 5.22. The number of ether oxygens (including phenoxy) is 1. The lowest BCUT2D eigenvalue weighted by Crippen LogP contribution is -2.41. The van der Waals surface area contributed by atoms with E-state index >= 15 is 0 Å². The van der Waals surface area contributed by atoms with E-state index in [1.165, 1.54) is 17.8 Å². The van der Waals surface area contributed by atoms with Crippen molar-refractivity contribution < 1.29 is 18.7 Å². The van der Waals surface area contributed by atoms with Crippen LogP contribution in [0.1, 0.15) is 33.6 Å². The maximum atomic E-state index is 13.6. The second kappa shape index (κ2) is 8.75. The fourth-order valence-corrected chi connectivity index (χ4v) is 3.62. The fourth-order valence-electron chi connectivity index (χ4n) is 2.74. The van der Waals surface area contributed by atoms with Crippen LogP contribution < -0.4 is 0 Å². The van der Waals surface area contributed by atoms with Crippen LogP contribution in [-0.4, -0.2) is 59.3 Å². The minimum absolute atomic E-state index is 0.00452. The first kappa shape index (κ1) is 20.6. The predicted octanol–water partition coefficient (Wildman–Crippen LogP) is 3.78. The van der Waals surface area contributed by atoms with Gasteiger partial charge in [0.25, 0.3) is 0 Å². The summed E-state index contributed by atoms with van der Waals surface area (Å²) >= 11 is 1.34. The van der Waals surface area contributed by atoms with Gasteiger partial charge in [-0.05, 0) is 39.3 Å². The molecule has 0 N–H and O–H groups in total. The van der Waals surface area contributed by atoms with Crippen molar-refractivity contribution >= 4 is 23.8 Å². The summed E-state index contributed by atoms with van der Waals surface area (Å²) in [5, 5.41) is 0. The van der Waals surface area contributed by atoms with Crippen LogP contribution in [0.3, 0.4) is 0 Å². The molecule has 1 aromatic rings. The number of likely N-dealkylation sites (N-methyl/N-ethyl adjacent to an activating group) is 1. The summed E-state index contributed by atoms with van der Waals surface area (Å²) in [7, 11) is 1.76. The Morgan fingerprint density at radius 2 is 2.04 bits per heavy atom. The number of halogens is 1. The van der Waals surface area contributed by atoms with Crippen molar-refractivity contribution in [1.29, 1.82) is 0 Å². The van der Waals surface area contributed by atoms with Crippen molar-refractivity contribution in [3.8, 4) is 0 Å². The third-order valence-electron chi connectivity index (χ3n) is 4.17. The van der Waals surface area contributed by atoms with Crippen LogP contribution in [-0.2, 0) is 9.53 Å². The molecule has 0 saturated carbocycles. The molecule has 1 aliphatic heterocycles. The normalized spacial score (nSPS) is 17.3. The molecule has 0 aromatic heterocycles. The molecule has 1 fully saturated rings. The van der Waals surface area contributed by atoms with Crippen LogP contribution in [0.15, 0.2) is 29.2 Å². The fraction of sp³-hybridized carbons (Fsp3) is 0.579. The first-order valence-corrected chi connectivity index (χ1v) is 9.77. The minimum Gasteiger partial charge on any atom is -0.444 e. The molecular weight excluding hydrogens is 355 g/mol. The Bertz CT molecular complexity index is 648. The molecule has 7 heteroatoms. The smallest absolute Gasteiger partial charge is 0.410 e. The van der Waals surface area contributed by atoms with Crippen molar-refractivity contribution in [2.45, 2.75) is 50.2 Å². The number of benzene rings is 1. The van der Waals surface area contributed by atoms with Crippen molar-refractivity contribution in [3.63, 3.8) is 0 Å². The second-order valence-electron chi connectivity index (χ2n) is 7.40. The molecule has 0 spiro atoms. The number of nitrogens with zero attached hydrogens (tertiary/aromatic N) is 2. The van der Waals surface area contributed by atoms with E-state index in [-0.39, 0.29) is 23.9 Å². The predicted molar refractivity (Wildman–Crippen MR) is 101 cm³/mol. The highest BCUT2D eigenvalue weighted by Gasteiger charge is 2.33. The Hall–Kier alpha value is -1.76. The van der Waals surface area contributed by atoms with Gasteiger partial charge in [0.1, 0.15) is 11.4 Å². The lowest BCUT2D eigenvalue weighted by atomic mass is 10.2. The lowest BCUT2D eigenvalue weighted by Gasteiger charge is -2.26. The number of hydrogen-bond acceptors (Lipinski definition) is 4. The van der Waals surface area contributed by atoms with Crippen LogP contribution in [0.2, 0.25) is 0 Å². The topological polar surface area (TPSA) is 49.9 Å². The van der Waals surface area contributed by atoms with Crippen LogP contribution in [0.5, 0.6) is 0 Å². The highest BCUT2D eigenvalue weighted by molar-refractivity contribution is 7.99. The SMILES string of the molecule is CN(C(=O)CCSc1ccccc1F)[C@@H]1CCN(C(=O)OC(C)(C)C)C1. The summed E-state index contributed by atoms with van der Waals surface area (Å²) in [4.78, 5) is 28.4. The molecule has 5 nitrogen and oxygen atoms in total. The van der Waals surface area contributed by atoms with Gasteiger partial charge < -0.3 is 14.5 Å². The van der Waals surface area contributed by atoms with Crippen molar-refractivity contribution in [2.24, 2.45) is 0 Å². The maximum Gasteiger partial charge on any atom is 0.410 e. The number of thioether (sulfide) groups is 1. The van der Waals surface area contributed by atoms with Crippen molar-refractivity contribution in [2.75, 3.05) is 25.9 Å². The van der Waals surface area contributed by atoms with E-state index in [0.717, 1.165) is 6.42 Å². The molecule has 0 unspecified atom stereocenters. The molecule has 2 amide bonds. The Kier molecular flexibility index (Phi) is 6.92. The first-order valence-electron chi connectivity index (χ1n) is 8.78. The lowest BCUT2D eigenvalue weighted by molar-refractivity contribution is -0.131. The molecule has 2 rings (SSSR count). The number of carbonyl (C=O) groups excluding carboxylic acids is 2. The van der Waals surface area contributed by atoms with Crippen LogP contribution in [0.4, 0.5) is 9.18 Å². The molecule has 1 saturated heterocycles. The average Bonchev–Trinajstić information content (AvgIpc) is 3.04. The quantitative estimate of drug-likeness (QED) is 0.728. The molecule has 1 aliphatic rings. The molecule has 0 bridgehead atoms. The van der Waals surface area contributed by atoms with E-state index in [0.29, 0.717) is 30.2 Å². The summed E-state index contributed by atoms with van der Waals surface area (Å²) < 4.78 is 19.0. The maximum absolute atomic E-state index is 13.6. The Labute approximate surface area is 158 Å². The van der Waals surface area contributed by atoms with Gasteiger partial charge in [-0.25, -0.2) is 9.18 Å².